The average Bonchev–Trinajstić information content (AvgIpc) is 1.53. The molecular formula is C143H163N3. The van der Waals surface area contributed by atoms with Gasteiger partial charge in [0, 0.05) is 62.0 Å². The maximum Gasteiger partial charge on any atom is 0.0714 e. The van der Waals surface area contributed by atoms with Gasteiger partial charge in [0.1, 0.15) is 0 Å². The van der Waals surface area contributed by atoms with Crippen LogP contribution < -0.4 is 14.7 Å². The summed E-state index contributed by atoms with van der Waals surface area (Å²) < 4.78 is 0. The minimum Gasteiger partial charge on any atom is -0.310 e. The van der Waals surface area contributed by atoms with Crippen molar-refractivity contribution < 1.29 is 0 Å². The van der Waals surface area contributed by atoms with Crippen LogP contribution in [-0.2, 0) is 41.9 Å². The Balaban J connectivity index is 0.688. The van der Waals surface area contributed by atoms with E-state index in [4.69, 9.17) is 0 Å². The van der Waals surface area contributed by atoms with Crippen molar-refractivity contribution >= 4 is 51.2 Å². The van der Waals surface area contributed by atoms with Crippen LogP contribution in [0.1, 0.15) is 362 Å². The van der Waals surface area contributed by atoms with Gasteiger partial charge in [-0.05, 0) is 353 Å². The zero-order valence-corrected chi connectivity index (χ0v) is 90.2. The number of fused-ring (bicyclic) bond motifs is 10. The number of aryl methyl sites for hydroxylation is 8. The SMILES string of the molecule is CCCCCCCCC1(CCCCCCCC)c2cc(-c3ccc(N(c4ccc(C)cc4)c4ccc5c(c4)C(CCCCCCCC)(CCCCCCCC)c4cc(N(c6ccc(C)cc6)c6ccc(-c7ccc(N(c8ccc(C)cc8)c8ccc9c(c8)CC9)cc7)cc6)ccc4-5)cc3)ccc2-c2ccc(-c3ccc4c(c3)C(c3cccc(CCCCCC)c3)(c3cccc(CCCCCC)c3)c3cc(C)ccc3-4)cc21. The molecule has 15 aromatic carbocycles. The second-order valence-corrected chi connectivity index (χ2v) is 44.4. The third-order valence-corrected chi connectivity index (χ3v) is 34.0. The van der Waals surface area contributed by atoms with Gasteiger partial charge in [0.2, 0.25) is 0 Å². The van der Waals surface area contributed by atoms with Crippen LogP contribution in [0.15, 0.2) is 322 Å². The van der Waals surface area contributed by atoms with Crippen molar-refractivity contribution in [1.82, 2.24) is 0 Å². The van der Waals surface area contributed by atoms with Crippen LogP contribution in [0.4, 0.5) is 51.2 Å². The highest BCUT2D eigenvalue weighted by Crippen LogP contribution is 2.62. The number of hydrogen-bond acceptors (Lipinski definition) is 3. The Morgan fingerprint density at radius 2 is 0.445 bits per heavy atom. The fourth-order valence-corrected chi connectivity index (χ4v) is 25.7. The molecule has 0 N–H and O–H groups in total. The normalized spacial score (nSPS) is 13.5. The van der Waals surface area contributed by atoms with Crippen molar-refractivity contribution in [1.29, 1.82) is 0 Å². The van der Waals surface area contributed by atoms with Crippen LogP contribution in [-0.4, -0.2) is 0 Å². The van der Waals surface area contributed by atoms with E-state index in [0.29, 0.717) is 0 Å². The topological polar surface area (TPSA) is 9.72 Å². The molecule has 4 aliphatic carbocycles. The van der Waals surface area contributed by atoms with E-state index in [0.717, 1.165) is 62.0 Å². The van der Waals surface area contributed by atoms with Crippen LogP contribution in [0.5, 0.6) is 0 Å². The first-order valence-corrected chi connectivity index (χ1v) is 57.8. The Hall–Kier alpha value is -12.3. The molecule has 0 fully saturated rings. The lowest BCUT2D eigenvalue weighted by Crippen LogP contribution is -2.29. The minimum atomic E-state index is -0.517. The van der Waals surface area contributed by atoms with Gasteiger partial charge in [0.25, 0.3) is 0 Å². The average molecular weight is 1920 g/mol. The first-order valence-electron chi connectivity index (χ1n) is 57.8. The second-order valence-electron chi connectivity index (χ2n) is 44.4. The molecule has 15 aromatic rings. The predicted octanol–water partition coefficient (Wildman–Crippen LogP) is 42.6. The van der Waals surface area contributed by atoms with Crippen molar-refractivity contribution in [2.45, 2.75) is 342 Å². The Morgan fingerprint density at radius 3 is 0.795 bits per heavy atom. The van der Waals surface area contributed by atoms with Gasteiger partial charge in [-0.1, -0.05) is 451 Å². The summed E-state index contributed by atoms with van der Waals surface area (Å²) in [6, 6.07) is 129. The fraction of sp³-hybridized carbons (Fsp3) is 0.371. The van der Waals surface area contributed by atoms with E-state index in [1.807, 2.05) is 0 Å². The van der Waals surface area contributed by atoms with Gasteiger partial charge in [-0.25, -0.2) is 0 Å². The standard InChI is InChI=1S/C143H163N3/c1-11-17-23-29-33-39-91-141(92-40-34-30-24-18-12-2)135-99-115(67-86-129(135)130-87-68-116(100-136(130)141)117-69-88-134-133-85-57-107(10)95-139(133)143(140(134)101-117,118-49-43-47-108(96-118)45-37-27-21-15-5)119-50-44-48-109(97-119)46-38-28-22-16-6)113-64-80-125(81-65-113)146(122-74-55-106(9)56-75-122)128-84-90-132-131-89-83-127(102-137(131)142(138(132)103-128,93-41-35-31-25-19-13-3)94-42-36-32-26-20-14-4)145(121-72-53-105(8)54-73-121)124-78-62-111(63-79-124)110-60-76-123(77-61-110)144(120-70-51-104(7)52-71-120)126-82-66-112-58-59-114(112)98-126/h43-44,47-57,60-90,95-103H,11-42,45-46,58-59,91-94H2,1-10H3. The molecule has 3 heteroatoms. The van der Waals surface area contributed by atoms with E-state index >= 15 is 0 Å². The summed E-state index contributed by atoms with van der Waals surface area (Å²) in [4.78, 5) is 7.56. The van der Waals surface area contributed by atoms with Crippen LogP contribution in [0, 0.1) is 27.7 Å². The van der Waals surface area contributed by atoms with Gasteiger partial charge in [-0.2, -0.15) is 0 Å². The van der Waals surface area contributed by atoms with Gasteiger partial charge in [0.05, 0.1) is 5.41 Å². The lowest BCUT2D eigenvalue weighted by Gasteiger charge is -2.35. The van der Waals surface area contributed by atoms with Crippen LogP contribution in [0.25, 0.3) is 66.8 Å². The van der Waals surface area contributed by atoms with Gasteiger partial charge >= 0.3 is 0 Å². The quantitative estimate of drug-likeness (QED) is 0.0352. The number of hydrogen-bond donors (Lipinski definition) is 0. The molecule has 0 amide bonds. The van der Waals surface area contributed by atoms with Crippen molar-refractivity contribution in [2.24, 2.45) is 0 Å². The Labute approximate surface area is 879 Å². The monoisotopic (exact) mass is 1920 g/mol. The van der Waals surface area contributed by atoms with Crippen LogP contribution in [0.3, 0.4) is 0 Å². The molecule has 0 bridgehead atoms. The number of rotatable bonds is 52. The first-order chi connectivity index (χ1) is 71.7. The number of anilines is 9. The zero-order chi connectivity index (χ0) is 100. The molecule has 0 radical (unpaired) electrons. The lowest BCUT2D eigenvalue weighted by atomic mass is 9.66. The van der Waals surface area contributed by atoms with E-state index in [-0.39, 0.29) is 10.8 Å². The Morgan fingerprint density at radius 1 is 0.192 bits per heavy atom. The zero-order valence-electron chi connectivity index (χ0n) is 90.2. The van der Waals surface area contributed by atoms with E-state index in [1.54, 1.807) is 11.1 Å². The largest absolute Gasteiger partial charge is 0.310 e. The summed E-state index contributed by atoms with van der Waals surface area (Å²) in [5.74, 6) is 0. The summed E-state index contributed by atoms with van der Waals surface area (Å²) in [6.07, 6.45) is 49.4. The maximum atomic E-state index is 2.74. The molecule has 0 saturated carbocycles. The highest BCUT2D eigenvalue weighted by molar-refractivity contribution is 5.94. The molecule has 146 heavy (non-hydrogen) atoms. The molecule has 0 heterocycles. The molecule has 0 unspecified atom stereocenters. The molecule has 0 spiro atoms. The molecule has 0 aliphatic heterocycles. The third kappa shape index (κ3) is 22.0. The van der Waals surface area contributed by atoms with Crippen molar-refractivity contribution in [3.05, 3.63) is 411 Å². The second kappa shape index (κ2) is 48.1. The molecular weight excluding hydrogens is 1760 g/mol. The Kier molecular flexibility index (Phi) is 33.7. The van der Waals surface area contributed by atoms with Crippen molar-refractivity contribution in [2.75, 3.05) is 14.7 Å². The van der Waals surface area contributed by atoms with E-state index in [1.165, 1.54) is 391 Å². The molecule has 4 aliphatic rings. The summed E-state index contributed by atoms with van der Waals surface area (Å²) in [7, 11) is 0. The molecule has 0 saturated heterocycles. The fourth-order valence-electron chi connectivity index (χ4n) is 25.7. The van der Waals surface area contributed by atoms with Crippen LogP contribution >= 0.6 is 0 Å². The summed E-state index contributed by atoms with van der Waals surface area (Å²) in [5, 5.41) is 0. The summed E-state index contributed by atoms with van der Waals surface area (Å²) in [5.41, 5.74) is 48.3. The van der Waals surface area contributed by atoms with Crippen LogP contribution in [0.2, 0.25) is 0 Å². The third-order valence-electron chi connectivity index (χ3n) is 34.0. The van der Waals surface area contributed by atoms with E-state index in [9.17, 15) is 0 Å². The number of nitrogens with zero attached hydrogens (tertiary/aromatic N) is 3. The van der Waals surface area contributed by atoms with Gasteiger partial charge in [0.15, 0.2) is 0 Å². The summed E-state index contributed by atoms with van der Waals surface area (Å²) in [6.45, 7) is 23.1. The lowest BCUT2D eigenvalue weighted by molar-refractivity contribution is 0.398. The predicted molar refractivity (Wildman–Crippen MR) is 631 cm³/mol. The van der Waals surface area contributed by atoms with Gasteiger partial charge in [-0.15, -0.1) is 0 Å². The molecule has 0 atom stereocenters. The Bertz CT molecular complexity index is 6770. The van der Waals surface area contributed by atoms with Crippen molar-refractivity contribution in [3.8, 4) is 66.8 Å². The molecule has 3 nitrogen and oxygen atoms in total. The number of unbranched alkanes of at least 4 members (excludes halogenated alkanes) is 26. The molecule has 0 aromatic heterocycles. The van der Waals surface area contributed by atoms with Gasteiger partial charge in [-0.3, -0.25) is 0 Å². The van der Waals surface area contributed by atoms with E-state index in [2.05, 4.69) is 405 Å². The van der Waals surface area contributed by atoms with Crippen molar-refractivity contribution in [3.63, 3.8) is 0 Å². The maximum absolute atomic E-state index is 2.74. The van der Waals surface area contributed by atoms with E-state index < -0.39 is 5.41 Å². The van der Waals surface area contributed by atoms with Gasteiger partial charge < -0.3 is 14.7 Å². The summed E-state index contributed by atoms with van der Waals surface area (Å²) >= 11 is 0. The first kappa shape index (κ1) is 102. The number of benzene rings is 15. The molecule has 19 rings (SSSR count). The minimum absolute atomic E-state index is 0.162. The highest BCUT2D eigenvalue weighted by atomic mass is 15.2. The smallest absolute Gasteiger partial charge is 0.0714 e. The highest BCUT2D eigenvalue weighted by Gasteiger charge is 2.49. The molecule has 750 valence electrons.